The molecule has 4 aromatic heterocycles. The molecule has 70 heavy (non-hydrogen) atoms. The molecule has 0 radical (unpaired) electrons. The van der Waals surface area contributed by atoms with Gasteiger partial charge in [-0.05, 0) is 83.9 Å². The molecule has 4 heterocycles. The van der Waals surface area contributed by atoms with E-state index in [1.54, 1.807) is 0 Å². The number of benzene rings is 8. The zero-order chi connectivity index (χ0) is 47.7. The van der Waals surface area contributed by atoms with Crippen LogP contribution in [0.3, 0.4) is 0 Å². The molecular formula is C60H36F6N4. The van der Waals surface area contributed by atoms with Crippen molar-refractivity contribution in [1.29, 1.82) is 0 Å². The zero-order valence-electron chi connectivity index (χ0n) is 36.8. The summed E-state index contributed by atoms with van der Waals surface area (Å²) in [6.45, 7) is 0. The lowest BCUT2D eigenvalue weighted by atomic mass is 9.95. The van der Waals surface area contributed by atoms with Gasteiger partial charge in [0.2, 0.25) is 0 Å². The highest BCUT2D eigenvalue weighted by molar-refractivity contribution is 6.13. The molecule has 8 aromatic carbocycles. The van der Waals surface area contributed by atoms with Gasteiger partial charge in [-0.15, -0.1) is 0 Å². The van der Waals surface area contributed by atoms with Crippen LogP contribution in [0.25, 0.3) is 111 Å². The minimum Gasteiger partial charge on any atom is -0.307 e. The third kappa shape index (κ3) is 7.36. The molecule has 0 aliphatic heterocycles. The van der Waals surface area contributed by atoms with Crippen LogP contribution in [-0.2, 0) is 12.4 Å². The third-order valence-electron chi connectivity index (χ3n) is 13.0. The van der Waals surface area contributed by atoms with Crippen LogP contribution in [0.5, 0.6) is 0 Å². The van der Waals surface area contributed by atoms with Gasteiger partial charge in [0.05, 0.1) is 67.3 Å². The Labute approximate surface area is 397 Å². The second-order valence-corrected chi connectivity index (χ2v) is 17.2. The Balaban J connectivity index is 1.18. The molecule has 0 aliphatic carbocycles. The fraction of sp³-hybridized carbons (Fsp3) is 0.0333. The van der Waals surface area contributed by atoms with Crippen molar-refractivity contribution in [1.82, 2.24) is 19.1 Å². The van der Waals surface area contributed by atoms with E-state index in [-0.39, 0.29) is 11.3 Å². The van der Waals surface area contributed by atoms with Gasteiger partial charge in [0.1, 0.15) is 0 Å². The summed E-state index contributed by atoms with van der Waals surface area (Å²) in [7, 11) is 0. The van der Waals surface area contributed by atoms with Crippen LogP contribution in [-0.4, -0.2) is 19.1 Å². The van der Waals surface area contributed by atoms with E-state index >= 15 is 13.2 Å². The quantitative estimate of drug-likeness (QED) is 0.149. The molecule has 12 aromatic rings. The maximum atomic E-state index is 15.9. The lowest BCUT2D eigenvalue weighted by Gasteiger charge is -2.22. The average Bonchev–Trinajstić information content (AvgIpc) is 3.90. The SMILES string of the molecule is FC(F)(F)c1cccc(-c2cc(-n3c4ccccc4c4ccc(-c5cccc(-c6ccccc6)n5)cc43)c(-n3c4ccccc4c4ccc(-c5cccc(-c6ccccc6)n5)cc43)cc2C(F)(F)F)c1. The first-order chi connectivity index (χ1) is 34.0. The summed E-state index contributed by atoms with van der Waals surface area (Å²) in [6.07, 6.45) is -9.80. The van der Waals surface area contributed by atoms with Crippen molar-refractivity contribution < 1.29 is 26.3 Å². The predicted molar refractivity (Wildman–Crippen MR) is 268 cm³/mol. The molecule has 0 fully saturated rings. The molecule has 338 valence electrons. The van der Waals surface area contributed by atoms with Crippen LogP contribution in [0.2, 0.25) is 0 Å². The van der Waals surface area contributed by atoms with Crippen LogP contribution in [0.4, 0.5) is 26.3 Å². The molecule has 10 heteroatoms. The van der Waals surface area contributed by atoms with E-state index in [2.05, 4.69) is 0 Å². The summed E-state index contributed by atoms with van der Waals surface area (Å²) < 4.78 is 94.5. The first-order valence-electron chi connectivity index (χ1n) is 22.5. The van der Waals surface area contributed by atoms with Crippen LogP contribution in [0, 0.1) is 0 Å². The van der Waals surface area contributed by atoms with Gasteiger partial charge >= 0.3 is 12.4 Å². The van der Waals surface area contributed by atoms with Gasteiger partial charge in [0, 0.05) is 43.8 Å². The number of pyridine rings is 2. The molecule has 0 amide bonds. The van der Waals surface area contributed by atoms with Crippen LogP contribution in [0.15, 0.2) is 218 Å². The van der Waals surface area contributed by atoms with E-state index < -0.39 is 29.0 Å². The predicted octanol–water partition coefficient (Wildman–Crippen LogP) is 17.0. The molecule has 0 spiro atoms. The van der Waals surface area contributed by atoms with Crippen LogP contribution < -0.4 is 0 Å². The van der Waals surface area contributed by atoms with E-state index in [4.69, 9.17) is 9.97 Å². The monoisotopic (exact) mass is 926 g/mol. The zero-order valence-corrected chi connectivity index (χ0v) is 36.8. The standard InChI is InChI=1S/C60H36F6N4/c61-59(62,63)42-19-11-18-39(32-42)47-35-57(69-53-26-9-7-20-43(53)45-30-28-40(33-55(45)69)51-24-12-22-49(67-51)37-14-3-1-4-15-37)58(36-48(47)60(64,65)66)70-54-27-10-8-21-44(54)46-31-29-41(34-56(46)70)52-25-13-23-50(68-52)38-16-5-2-6-17-38/h1-36H. The Bertz CT molecular complexity index is 3980. The van der Waals surface area contributed by atoms with Gasteiger partial charge in [-0.1, -0.05) is 146 Å². The summed E-state index contributed by atoms with van der Waals surface area (Å²) in [5.74, 6) is 0. The highest BCUT2D eigenvalue weighted by atomic mass is 19.4. The summed E-state index contributed by atoms with van der Waals surface area (Å²) in [6, 6.07) is 64.7. The molecule has 0 unspecified atom stereocenters. The summed E-state index contributed by atoms with van der Waals surface area (Å²) >= 11 is 0. The maximum absolute atomic E-state index is 15.9. The number of hydrogen-bond acceptors (Lipinski definition) is 2. The molecule has 0 bridgehead atoms. The summed E-state index contributed by atoms with van der Waals surface area (Å²) in [5.41, 5.74) is 6.49. The number of hydrogen-bond donors (Lipinski definition) is 0. The number of aromatic nitrogens is 4. The fourth-order valence-electron chi connectivity index (χ4n) is 9.78. The second kappa shape index (κ2) is 16.5. The number of halogens is 6. The van der Waals surface area contributed by atoms with Crippen molar-refractivity contribution in [2.45, 2.75) is 12.4 Å². The molecule has 0 saturated heterocycles. The van der Waals surface area contributed by atoms with Gasteiger partial charge in [0.25, 0.3) is 0 Å². The molecule has 0 aliphatic rings. The molecule has 0 N–H and O–H groups in total. The number of para-hydroxylation sites is 2. The first kappa shape index (κ1) is 42.6. The van der Waals surface area contributed by atoms with Gasteiger partial charge < -0.3 is 9.13 Å². The van der Waals surface area contributed by atoms with Gasteiger partial charge in [-0.3, -0.25) is 0 Å². The van der Waals surface area contributed by atoms with Crippen molar-refractivity contribution in [3.05, 3.63) is 230 Å². The number of nitrogens with zero attached hydrogens (tertiary/aromatic N) is 4. The van der Waals surface area contributed by atoms with Gasteiger partial charge in [-0.2, -0.15) is 26.3 Å². The summed E-state index contributed by atoms with van der Waals surface area (Å²) in [4.78, 5) is 10.1. The molecule has 0 atom stereocenters. The highest BCUT2D eigenvalue weighted by Crippen LogP contribution is 2.46. The number of alkyl halides is 6. The minimum absolute atomic E-state index is 0.162. The van der Waals surface area contributed by atoms with Gasteiger partial charge in [-0.25, -0.2) is 9.97 Å². The second-order valence-electron chi connectivity index (χ2n) is 17.2. The topological polar surface area (TPSA) is 35.6 Å². The van der Waals surface area contributed by atoms with Crippen molar-refractivity contribution in [3.63, 3.8) is 0 Å². The van der Waals surface area contributed by atoms with E-state index in [0.29, 0.717) is 39.1 Å². The van der Waals surface area contributed by atoms with Crippen LogP contribution in [0.1, 0.15) is 11.1 Å². The normalized spacial score (nSPS) is 12.1. The Hall–Kier alpha value is -8.76. The lowest BCUT2D eigenvalue weighted by Crippen LogP contribution is -2.12. The third-order valence-corrected chi connectivity index (χ3v) is 13.0. The largest absolute Gasteiger partial charge is 0.417 e. The molecular weight excluding hydrogens is 891 g/mol. The number of fused-ring (bicyclic) bond motifs is 6. The van der Waals surface area contributed by atoms with Crippen molar-refractivity contribution >= 4 is 43.6 Å². The Kier molecular flexibility index (Phi) is 10.0. The number of rotatable bonds is 7. The van der Waals surface area contributed by atoms with E-state index in [1.807, 2.05) is 191 Å². The Morgan fingerprint density at radius 3 is 1.20 bits per heavy atom. The van der Waals surface area contributed by atoms with Crippen molar-refractivity contribution in [2.75, 3.05) is 0 Å². The summed E-state index contributed by atoms with van der Waals surface area (Å²) in [5, 5.41) is 3.23. The molecule has 0 saturated carbocycles. The maximum Gasteiger partial charge on any atom is 0.417 e. The minimum atomic E-state index is -4.99. The van der Waals surface area contributed by atoms with E-state index in [0.717, 1.165) is 79.5 Å². The van der Waals surface area contributed by atoms with Crippen molar-refractivity contribution in [3.8, 4) is 67.5 Å². The fourth-order valence-corrected chi connectivity index (χ4v) is 9.78. The smallest absolute Gasteiger partial charge is 0.307 e. The van der Waals surface area contributed by atoms with E-state index in [1.165, 1.54) is 12.1 Å². The Morgan fingerprint density at radius 1 is 0.300 bits per heavy atom. The highest BCUT2D eigenvalue weighted by Gasteiger charge is 2.37. The lowest BCUT2D eigenvalue weighted by molar-refractivity contribution is -0.137. The average molecular weight is 927 g/mol. The van der Waals surface area contributed by atoms with Crippen LogP contribution >= 0.6 is 0 Å². The van der Waals surface area contributed by atoms with Gasteiger partial charge in [0.15, 0.2) is 0 Å². The van der Waals surface area contributed by atoms with E-state index in [9.17, 15) is 13.2 Å². The van der Waals surface area contributed by atoms with Crippen molar-refractivity contribution in [2.24, 2.45) is 0 Å². The Morgan fingerprint density at radius 2 is 0.714 bits per heavy atom. The first-order valence-corrected chi connectivity index (χ1v) is 22.5. The molecule has 12 rings (SSSR count). The molecule has 4 nitrogen and oxygen atoms in total.